The summed E-state index contributed by atoms with van der Waals surface area (Å²) in [6, 6.07) is 10.6. The SMILES string of the molecule is O=C(O)c1ccccc1[C@@H]1Nc2c(Cl)ccc(Cl)c2[C@@H]2C=CC[C@@H]21. The first-order valence-corrected chi connectivity index (χ1v) is 8.57. The molecular weight excluding hydrogens is 345 g/mol. The van der Waals surface area contributed by atoms with E-state index in [1.54, 1.807) is 18.2 Å². The van der Waals surface area contributed by atoms with Gasteiger partial charge < -0.3 is 10.4 Å². The number of carbonyl (C=O) groups is 1. The molecule has 1 aliphatic heterocycles. The Hall–Kier alpha value is -1.97. The molecule has 3 atom stereocenters. The van der Waals surface area contributed by atoms with Crippen molar-refractivity contribution in [2.45, 2.75) is 18.4 Å². The third kappa shape index (κ3) is 2.31. The van der Waals surface area contributed by atoms with E-state index < -0.39 is 5.97 Å². The van der Waals surface area contributed by atoms with Crippen LogP contribution in [0.1, 0.15) is 39.9 Å². The van der Waals surface area contributed by atoms with Gasteiger partial charge in [0.2, 0.25) is 0 Å². The third-order valence-electron chi connectivity index (χ3n) is 4.94. The van der Waals surface area contributed by atoms with Gasteiger partial charge in [0.1, 0.15) is 0 Å². The van der Waals surface area contributed by atoms with Crippen LogP contribution in [0.5, 0.6) is 0 Å². The van der Waals surface area contributed by atoms with Gasteiger partial charge in [0.15, 0.2) is 0 Å². The standard InChI is InChI=1S/C19H15Cl2NO2/c20-14-8-9-15(21)18-16(14)10-6-3-7-11(10)17(22-18)12-4-1-2-5-13(12)19(23)24/h1-6,8-11,17,22H,7H2,(H,23,24)/t10-,11+,17-/m1/s1. The molecule has 1 heterocycles. The Balaban J connectivity index is 1.88. The van der Waals surface area contributed by atoms with Crippen molar-refractivity contribution in [3.63, 3.8) is 0 Å². The Bertz CT molecular complexity index is 862. The first-order chi connectivity index (χ1) is 11.6. The molecule has 0 saturated carbocycles. The zero-order valence-corrected chi connectivity index (χ0v) is 14.2. The molecule has 24 heavy (non-hydrogen) atoms. The van der Waals surface area contributed by atoms with Crippen molar-refractivity contribution in [3.05, 3.63) is 75.3 Å². The van der Waals surface area contributed by atoms with Crippen LogP contribution in [0.15, 0.2) is 48.6 Å². The molecule has 0 unspecified atom stereocenters. The van der Waals surface area contributed by atoms with Gasteiger partial charge in [0.25, 0.3) is 0 Å². The summed E-state index contributed by atoms with van der Waals surface area (Å²) in [4.78, 5) is 11.6. The fourth-order valence-corrected chi connectivity index (χ4v) is 4.40. The molecule has 0 radical (unpaired) electrons. The van der Waals surface area contributed by atoms with Gasteiger partial charge in [-0.1, -0.05) is 53.6 Å². The van der Waals surface area contributed by atoms with Gasteiger partial charge in [-0.05, 0) is 36.1 Å². The van der Waals surface area contributed by atoms with Crippen molar-refractivity contribution >= 4 is 34.9 Å². The molecule has 4 rings (SSSR count). The molecule has 0 spiro atoms. The Morgan fingerprint density at radius 3 is 2.67 bits per heavy atom. The Morgan fingerprint density at radius 1 is 1.12 bits per heavy atom. The minimum atomic E-state index is -0.919. The molecule has 2 N–H and O–H groups in total. The monoisotopic (exact) mass is 359 g/mol. The number of carboxylic acids is 1. The fourth-order valence-electron chi connectivity index (χ4n) is 3.90. The van der Waals surface area contributed by atoms with Crippen LogP contribution in [0, 0.1) is 5.92 Å². The molecule has 2 aromatic rings. The predicted molar refractivity (Wildman–Crippen MR) is 96.2 cm³/mol. The van der Waals surface area contributed by atoms with Crippen LogP contribution in [-0.2, 0) is 0 Å². The van der Waals surface area contributed by atoms with Crippen LogP contribution in [0.3, 0.4) is 0 Å². The molecule has 3 nitrogen and oxygen atoms in total. The summed E-state index contributed by atoms with van der Waals surface area (Å²) in [6.07, 6.45) is 5.17. The largest absolute Gasteiger partial charge is 0.478 e. The molecule has 1 aliphatic carbocycles. The second-order valence-corrected chi connectivity index (χ2v) is 7.00. The van der Waals surface area contributed by atoms with Gasteiger partial charge in [-0.2, -0.15) is 0 Å². The first-order valence-electron chi connectivity index (χ1n) is 7.81. The lowest BCUT2D eigenvalue weighted by Gasteiger charge is -2.38. The highest BCUT2D eigenvalue weighted by Gasteiger charge is 2.40. The number of benzene rings is 2. The highest BCUT2D eigenvalue weighted by Crippen LogP contribution is 2.53. The Kier molecular flexibility index (Phi) is 3.78. The van der Waals surface area contributed by atoms with E-state index in [0.29, 0.717) is 15.6 Å². The molecule has 0 fully saturated rings. The fraction of sp³-hybridized carbons (Fsp3) is 0.211. The summed E-state index contributed by atoms with van der Waals surface area (Å²) in [7, 11) is 0. The summed E-state index contributed by atoms with van der Waals surface area (Å²) in [5, 5.41) is 14.3. The number of aromatic carboxylic acids is 1. The molecular formula is C19H15Cl2NO2. The number of hydrogen-bond acceptors (Lipinski definition) is 2. The van der Waals surface area contributed by atoms with Crippen LogP contribution in [-0.4, -0.2) is 11.1 Å². The van der Waals surface area contributed by atoms with Gasteiger partial charge >= 0.3 is 5.97 Å². The van der Waals surface area contributed by atoms with Gasteiger partial charge in [-0.15, -0.1) is 0 Å². The van der Waals surface area contributed by atoms with Crippen molar-refractivity contribution in [3.8, 4) is 0 Å². The van der Waals surface area contributed by atoms with E-state index in [2.05, 4.69) is 17.5 Å². The second-order valence-electron chi connectivity index (χ2n) is 6.19. The minimum absolute atomic E-state index is 0.124. The number of hydrogen-bond donors (Lipinski definition) is 2. The van der Waals surface area contributed by atoms with Crippen LogP contribution < -0.4 is 5.32 Å². The maximum absolute atomic E-state index is 11.6. The molecule has 0 amide bonds. The number of anilines is 1. The van der Waals surface area contributed by atoms with Gasteiger partial charge in [0.05, 0.1) is 22.3 Å². The van der Waals surface area contributed by atoms with Crippen molar-refractivity contribution in [1.29, 1.82) is 0 Å². The topological polar surface area (TPSA) is 49.3 Å². The molecule has 5 heteroatoms. The molecule has 2 aromatic carbocycles. The molecule has 0 aromatic heterocycles. The number of fused-ring (bicyclic) bond motifs is 3. The molecule has 0 bridgehead atoms. The van der Waals surface area contributed by atoms with Gasteiger partial charge in [-0.25, -0.2) is 4.79 Å². The third-order valence-corrected chi connectivity index (χ3v) is 5.59. The van der Waals surface area contributed by atoms with E-state index >= 15 is 0 Å². The van der Waals surface area contributed by atoms with E-state index in [9.17, 15) is 9.90 Å². The average molecular weight is 360 g/mol. The number of carboxylic acid groups (broad SMARTS) is 1. The minimum Gasteiger partial charge on any atom is -0.478 e. The molecule has 122 valence electrons. The van der Waals surface area contributed by atoms with Crippen LogP contribution in [0.2, 0.25) is 10.0 Å². The second kappa shape index (κ2) is 5.83. The average Bonchev–Trinajstić information content (AvgIpc) is 3.06. The lowest BCUT2D eigenvalue weighted by Crippen LogP contribution is -2.30. The highest BCUT2D eigenvalue weighted by molar-refractivity contribution is 6.36. The predicted octanol–water partition coefficient (Wildman–Crippen LogP) is 5.52. The quantitative estimate of drug-likeness (QED) is 0.694. The van der Waals surface area contributed by atoms with Crippen LogP contribution in [0.25, 0.3) is 0 Å². The van der Waals surface area contributed by atoms with Gasteiger partial charge in [-0.3, -0.25) is 0 Å². The van der Waals surface area contributed by atoms with Crippen molar-refractivity contribution in [2.24, 2.45) is 5.92 Å². The lowest BCUT2D eigenvalue weighted by molar-refractivity contribution is 0.0694. The Labute approximate surface area is 149 Å². The summed E-state index contributed by atoms with van der Waals surface area (Å²) >= 11 is 12.8. The zero-order valence-electron chi connectivity index (χ0n) is 12.7. The van der Waals surface area contributed by atoms with E-state index in [0.717, 1.165) is 23.2 Å². The van der Waals surface area contributed by atoms with E-state index in [1.165, 1.54) is 0 Å². The number of rotatable bonds is 2. The maximum Gasteiger partial charge on any atom is 0.336 e. The summed E-state index contributed by atoms with van der Waals surface area (Å²) in [5.41, 5.74) is 2.92. The lowest BCUT2D eigenvalue weighted by atomic mass is 9.76. The normalized spacial score (nSPS) is 24.2. The number of nitrogens with one attached hydrogen (secondary N) is 1. The zero-order chi connectivity index (χ0) is 16.8. The smallest absolute Gasteiger partial charge is 0.336 e. The van der Waals surface area contributed by atoms with Crippen molar-refractivity contribution in [2.75, 3.05) is 5.32 Å². The van der Waals surface area contributed by atoms with E-state index in [1.807, 2.05) is 18.2 Å². The number of halogens is 2. The first kappa shape index (κ1) is 15.6. The summed E-state index contributed by atoms with van der Waals surface area (Å²) in [6.45, 7) is 0. The highest BCUT2D eigenvalue weighted by atomic mass is 35.5. The van der Waals surface area contributed by atoms with Crippen molar-refractivity contribution < 1.29 is 9.90 Å². The van der Waals surface area contributed by atoms with E-state index in [4.69, 9.17) is 23.2 Å². The Morgan fingerprint density at radius 2 is 1.88 bits per heavy atom. The van der Waals surface area contributed by atoms with E-state index in [-0.39, 0.29) is 17.9 Å². The van der Waals surface area contributed by atoms with Gasteiger partial charge in [0, 0.05) is 16.5 Å². The maximum atomic E-state index is 11.6. The van der Waals surface area contributed by atoms with Crippen molar-refractivity contribution in [1.82, 2.24) is 0 Å². The summed E-state index contributed by atoms with van der Waals surface area (Å²) in [5.74, 6) is -0.564. The summed E-state index contributed by atoms with van der Waals surface area (Å²) < 4.78 is 0. The molecule has 2 aliphatic rings. The van der Waals surface area contributed by atoms with Crippen LogP contribution in [0.4, 0.5) is 5.69 Å². The van der Waals surface area contributed by atoms with Crippen LogP contribution >= 0.6 is 23.2 Å². The number of allylic oxidation sites excluding steroid dienone is 2. The molecule has 0 saturated heterocycles.